The molecule has 1 fully saturated rings. The molecule has 0 bridgehead atoms. The predicted molar refractivity (Wildman–Crippen MR) is 76.9 cm³/mol. The van der Waals surface area contributed by atoms with Gasteiger partial charge in [-0.25, -0.2) is 0 Å². The van der Waals surface area contributed by atoms with Crippen molar-refractivity contribution in [1.82, 2.24) is 0 Å². The number of benzene rings is 1. The zero-order valence-corrected chi connectivity index (χ0v) is 11.8. The second-order valence-corrected chi connectivity index (χ2v) is 5.79. The number of aliphatic hydroxyl groups excluding tert-OH is 1. The molecule has 0 radical (unpaired) electrons. The highest BCUT2D eigenvalue weighted by Gasteiger charge is 2.29. The summed E-state index contributed by atoms with van der Waals surface area (Å²) in [6.07, 6.45) is 3.11. The lowest BCUT2D eigenvalue weighted by molar-refractivity contribution is 0.173. The molecule has 2 rings (SSSR count). The van der Waals surface area contributed by atoms with Crippen molar-refractivity contribution in [2.45, 2.75) is 52.2 Å². The summed E-state index contributed by atoms with van der Waals surface area (Å²) in [5.74, 6) is 0.687. The summed E-state index contributed by atoms with van der Waals surface area (Å²) in [4.78, 5) is 2.52. The average Bonchev–Trinajstić information content (AvgIpc) is 3.19. The summed E-state index contributed by atoms with van der Waals surface area (Å²) in [5, 5.41) is 9.81. The van der Waals surface area contributed by atoms with Crippen LogP contribution in [0, 0.1) is 5.92 Å². The van der Waals surface area contributed by atoms with Gasteiger partial charge in [-0.2, -0.15) is 0 Å². The van der Waals surface area contributed by atoms with E-state index in [9.17, 15) is 5.11 Å². The van der Waals surface area contributed by atoms with Crippen LogP contribution in [0.4, 0.5) is 5.69 Å². The lowest BCUT2D eigenvalue weighted by Crippen LogP contribution is -2.29. The Kier molecular flexibility index (Phi) is 4.28. The summed E-state index contributed by atoms with van der Waals surface area (Å²) in [6.45, 7) is 7.67. The van der Waals surface area contributed by atoms with Gasteiger partial charge in [-0.3, -0.25) is 0 Å². The van der Waals surface area contributed by atoms with Crippen LogP contribution < -0.4 is 4.90 Å². The van der Waals surface area contributed by atoms with Crippen molar-refractivity contribution in [3.05, 3.63) is 29.8 Å². The first-order chi connectivity index (χ1) is 8.61. The lowest BCUT2D eigenvalue weighted by atomic mass is 10.1. The van der Waals surface area contributed by atoms with Crippen LogP contribution >= 0.6 is 0 Å². The number of nitrogens with zero attached hydrogens (tertiary/aromatic N) is 1. The summed E-state index contributed by atoms with van der Waals surface area (Å²) < 4.78 is 0. The Morgan fingerprint density at radius 1 is 1.22 bits per heavy atom. The van der Waals surface area contributed by atoms with Gasteiger partial charge in [-0.1, -0.05) is 32.9 Å². The van der Waals surface area contributed by atoms with Gasteiger partial charge in [-0.05, 0) is 42.9 Å². The van der Waals surface area contributed by atoms with E-state index in [-0.39, 0.29) is 6.10 Å². The highest BCUT2D eigenvalue weighted by molar-refractivity contribution is 5.50. The van der Waals surface area contributed by atoms with Crippen molar-refractivity contribution >= 4 is 5.69 Å². The van der Waals surface area contributed by atoms with Crippen LogP contribution in [0.2, 0.25) is 0 Å². The third-order valence-corrected chi connectivity index (χ3v) is 3.55. The summed E-state index contributed by atoms with van der Waals surface area (Å²) in [6, 6.07) is 9.21. The van der Waals surface area contributed by atoms with E-state index in [2.05, 4.69) is 43.0 Å². The monoisotopic (exact) mass is 247 g/mol. The van der Waals surface area contributed by atoms with Crippen LogP contribution in [-0.2, 0) is 0 Å². The van der Waals surface area contributed by atoms with E-state index in [1.54, 1.807) is 0 Å². The molecule has 2 nitrogen and oxygen atoms in total. The highest BCUT2D eigenvalue weighted by Crippen LogP contribution is 2.33. The van der Waals surface area contributed by atoms with E-state index < -0.39 is 0 Å². The standard InChI is InChI=1S/C16H25NO/c1-4-16(18)13-5-7-14(8-6-13)17(11-12(2)3)15-9-10-15/h5-8,12,15-16,18H,4,9-11H2,1-3H3. The molecule has 0 amide bonds. The molecule has 1 saturated carbocycles. The maximum Gasteiger partial charge on any atom is 0.0787 e. The normalized spacial score (nSPS) is 16.9. The van der Waals surface area contributed by atoms with E-state index in [1.807, 2.05) is 6.92 Å². The molecule has 0 spiro atoms. The zero-order chi connectivity index (χ0) is 13.1. The molecule has 1 atom stereocenters. The van der Waals surface area contributed by atoms with Gasteiger partial charge < -0.3 is 10.0 Å². The molecule has 1 N–H and O–H groups in total. The van der Waals surface area contributed by atoms with Gasteiger partial charge >= 0.3 is 0 Å². The maximum atomic E-state index is 9.81. The number of anilines is 1. The smallest absolute Gasteiger partial charge is 0.0787 e. The lowest BCUT2D eigenvalue weighted by Gasteiger charge is -2.27. The SMILES string of the molecule is CCC(O)c1ccc(N(CC(C)C)C2CC2)cc1. The van der Waals surface area contributed by atoms with Crippen LogP contribution in [-0.4, -0.2) is 17.7 Å². The Hall–Kier alpha value is -1.02. The van der Waals surface area contributed by atoms with Crippen molar-refractivity contribution in [3.63, 3.8) is 0 Å². The fraction of sp³-hybridized carbons (Fsp3) is 0.625. The molecule has 1 aromatic carbocycles. The molecular formula is C16H25NO. The van der Waals surface area contributed by atoms with Crippen LogP contribution in [0.15, 0.2) is 24.3 Å². The summed E-state index contributed by atoms with van der Waals surface area (Å²) >= 11 is 0. The second kappa shape index (κ2) is 5.75. The van der Waals surface area contributed by atoms with Crippen molar-refractivity contribution in [3.8, 4) is 0 Å². The summed E-state index contributed by atoms with van der Waals surface area (Å²) in [7, 11) is 0. The second-order valence-electron chi connectivity index (χ2n) is 5.79. The molecule has 1 aliphatic rings. The van der Waals surface area contributed by atoms with Crippen molar-refractivity contribution in [2.75, 3.05) is 11.4 Å². The van der Waals surface area contributed by atoms with Gasteiger partial charge in [0.2, 0.25) is 0 Å². The van der Waals surface area contributed by atoms with Crippen molar-refractivity contribution in [2.24, 2.45) is 5.92 Å². The average molecular weight is 247 g/mol. The van der Waals surface area contributed by atoms with Crippen molar-refractivity contribution < 1.29 is 5.11 Å². The molecule has 0 saturated heterocycles. The van der Waals surface area contributed by atoms with Gasteiger partial charge in [0.25, 0.3) is 0 Å². The molecule has 0 aromatic heterocycles. The van der Waals surface area contributed by atoms with Gasteiger partial charge in [0, 0.05) is 18.3 Å². The van der Waals surface area contributed by atoms with E-state index >= 15 is 0 Å². The van der Waals surface area contributed by atoms with E-state index in [0.29, 0.717) is 5.92 Å². The fourth-order valence-electron chi connectivity index (χ4n) is 2.37. The molecule has 0 heterocycles. The minimum absolute atomic E-state index is 0.321. The Bertz CT molecular complexity index is 367. The predicted octanol–water partition coefficient (Wildman–Crippen LogP) is 3.75. The molecule has 0 aliphatic heterocycles. The van der Waals surface area contributed by atoms with Gasteiger partial charge in [-0.15, -0.1) is 0 Å². The number of aliphatic hydroxyl groups is 1. The Labute approximate surface area is 111 Å². The summed E-state index contributed by atoms with van der Waals surface area (Å²) in [5.41, 5.74) is 2.33. The first-order valence-corrected chi connectivity index (χ1v) is 7.16. The van der Waals surface area contributed by atoms with Gasteiger partial charge in [0.1, 0.15) is 0 Å². The van der Waals surface area contributed by atoms with Gasteiger partial charge in [0.15, 0.2) is 0 Å². The molecule has 1 aliphatic carbocycles. The number of hydrogen-bond donors (Lipinski definition) is 1. The largest absolute Gasteiger partial charge is 0.388 e. The van der Waals surface area contributed by atoms with Crippen LogP contribution in [0.5, 0.6) is 0 Å². The molecule has 1 aromatic rings. The third kappa shape index (κ3) is 3.26. The molecular weight excluding hydrogens is 222 g/mol. The first-order valence-electron chi connectivity index (χ1n) is 7.16. The topological polar surface area (TPSA) is 23.5 Å². The quantitative estimate of drug-likeness (QED) is 0.827. The highest BCUT2D eigenvalue weighted by atomic mass is 16.3. The number of hydrogen-bond acceptors (Lipinski definition) is 2. The van der Waals surface area contributed by atoms with Crippen LogP contribution in [0.25, 0.3) is 0 Å². The van der Waals surface area contributed by atoms with Crippen LogP contribution in [0.3, 0.4) is 0 Å². The minimum atomic E-state index is -0.321. The fourth-order valence-corrected chi connectivity index (χ4v) is 2.37. The molecule has 100 valence electrons. The number of rotatable bonds is 6. The zero-order valence-electron chi connectivity index (χ0n) is 11.8. The first kappa shape index (κ1) is 13.4. The minimum Gasteiger partial charge on any atom is -0.388 e. The Morgan fingerprint density at radius 3 is 2.28 bits per heavy atom. The molecule has 18 heavy (non-hydrogen) atoms. The van der Waals surface area contributed by atoms with E-state index in [4.69, 9.17) is 0 Å². The third-order valence-electron chi connectivity index (χ3n) is 3.55. The molecule has 2 heteroatoms. The van der Waals surface area contributed by atoms with E-state index in [0.717, 1.165) is 24.6 Å². The van der Waals surface area contributed by atoms with E-state index in [1.165, 1.54) is 18.5 Å². The molecule has 1 unspecified atom stereocenters. The maximum absolute atomic E-state index is 9.81. The van der Waals surface area contributed by atoms with Gasteiger partial charge in [0.05, 0.1) is 6.10 Å². The van der Waals surface area contributed by atoms with Crippen molar-refractivity contribution in [1.29, 1.82) is 0 Å². The Morgan fingerprint density at radius 2 is 1.83 bits per heavy atom. The van der Waals surface area contributed by atoms with Crippen LogP contribution in [0.1, 0.15) is 51.7 Å². The Balaban J connectivity index is 2.10.